The number of fused-ring (bicyclic) bond motifs is 1. The molecule has 0 atom stereocenters. The van der Waals surface area contributed by atoms with Crippen LogP contribution in [0, 0.1) is 20.8 Å². The molecular formula is C21H21N5OS. The quantitative estimate of drug-likeness (QED) is 0.494. The SMILES string of the molecule is Cc1ccc2nc(SCC(=O)Nc3c(C)nn(-c4ccccc4)c3C)[nH]c2c1. The summed E-state index contributed by atoms with van der Waals surface area (Å²) in [6.45, 7) is 5.90. The second-order valence-corrected chi connectivity index (χ2v) is 7.66. The monoisotopic (exact) mass is 391 g/mol. The van der Waals surface area contributed by atoms with Gasteiger partial charge in [-0.2, -0.15) is 5.10 Å². The number of nitrogens with zero attached hydrogens (tertiary/aromatic N) is 3. The van der Waals surface area contributed by atoms with Crippen LogP contribution in [0.1, 0.15) is 17.0 Å². The van der Waals surface area contributed by atoms with Crippen LogP contribution in [-0.4, -0.2) is 31.4 Å². The highest BCUT2D eigenvalue weighted by Gasteiger charge is 2.16. The zero-order valence-electron chi connectivity index (χ0n) is 16.0. The van der Waals surface area contributed by atoms with E-state index in [1.54, 1.807) is 0 Å². The summed E-state index contributed by atoms with van der Waals surface area (Å²) in [6.07, 6.45) is 0. The van der Waals surface area contributed by atoms with Crippen molar-refractivity contribution in [3.8, 4) is 5.69 Å². The van der Waals surface area contributed by atoms with Crippen molar-refractivity contribution in [2.45, 2.75) is 25.9 Å². The molecule has 4 rings (SSSR count). The van der Waals surface area contributed by atoms with Crippen molar-refractivity contribution in [1.82, 2.24) is 19.7 Å². The number of thioether (sulfide) groups is 1. The molecule has 0 radical (unpaired) electrons. The van der Waals surface area contributed by atoms with Gasteiger partial charge in [-0.25, -0.2) is 9.67 Å². The van der Waals surface area contributed by atoms with E-state index in [1.165, 1.54) is 17.3 Å². The Hall–Kier alpha value is -3.06. The molecule has 2 heterocycles. The van der Waals surface area contributed by atoms with Crippen molar-refractivity contribution in [1.29, 1.82) is 0 Å². The number of carbonyl (C=O) groups excluding carboxylic acids is 1. The Morgan fingerprint density at radius 3 is 2.71 bits per heavy atom. The van der Waals surface area contributed by atoms with E-state index in [9.17, 15) is 4.79 Å². The van der Waals surface area contributed by atoms with E-state index in [0.29, 0.717) is 0 Å². The van der Waals surface area contributed by atoms with Crippen molar-refractivity contribution in [2.24, 2.45) is 0 Å². The van der Waals surface area contributed by atoms with Crippen LogP contribution < -0.4 is 5.32 Å². The van der Waals surface area contributed by atoms with E-state index < -0.39 is 0 Å². The maximum atomic E-state index is 12.5. The van der Waals surface area contributed by atoms with Crippen LogP contribution in [0.15, 0.2) is 53.7 Å². The largest absolute Gasteiger partial charge is 0.333 e. The number of anilines is 1. The highest BCUT2D eigenvalue weighted by molar-refractivity contribution is 7.99. The van der Waals surface area contributed by atoms with Gasteiger partial charge in [0.2, 0.25) is 5.91 Å². The summed E-state index contributed by atoms with van der Waals surface area (Å²) >= 11 is 1.39. The molecule has 4 aromatic rings. The predicted octanol–water partition coefficient (Wildman–Crippen LogP) is 4.40. The van der Waals surface area contributed by atoms with Gasteiger partial charge in [-0.1, -0.05) is 36.0 Å². The number of aryl methyl sites for hydroxylation is 2. The van der Waals surface area contributed by atoms with Crippen molar-refractivity contribution < 1.29 is 4.79 Å². The Kier molecular flexibility index (Phi) is 4.92. The molecular weight excluding hydrogens is 370 g/mol. The molecule has 7 heteroatoms. The number of benzene rings is 2. The van der Waals surface area contributed by atoms with Crippen LogP contribution >= 0.6 is 11.8 Å². The summed E-state index contributed by atoms with van der Waals surface area (Å²) < 4.78 is 1.85. The number of aromatic amines is 1. The van der Waals surface area contributed by atoms with Crippen LogP contribution in [0.3, 0.4) is 0 Å². The van der Waals surface area contributed by atoms with E-state index in [0.717, 1.165) is 39.0 Å². The minimum Gasteiger partial charge on any atom is -0.333 e. The summed E-state index contributed by atoms with van der Waals surface area (Å²) in [6, 6.07) is 15.9. The first-order valence-electron chi connectivity index (χ1n) is 9.02. The van der Waals surface area contributed by atoms with E-state index in [1.807, 2.05) is 67.9 Å². The summed E-state index contributed by atoms with van der Waals surface area (Å²) in [5.41, 5.74) is 6.49. The normalized spacial score (nSPS) is 11.1. The maximum absolute atomic E-state index is 12.5. The average Bonchev–Trinajstić information content (AvgIpc) is 3.22. The Bertz CT molecular complexity index is 1150. The molecule has 6 nitrogen and oxygen atoms in total. The van der Waals surface area contributed by atoms with Gasteiger partial charge in [0, 0.05) is 0 Å². The number of carbonyl (C=O) groups is 1. The molecule has 1 amide bonds. The second-order valence-electron chi connectivity index (χ2n) is 6.69. The molecule has 0 fully saturated rings. The van der Waals surface area contributed by atoms with Crippen LogP contribution in [-0.2, 0) is 4.79 Å². The van der Waals surface area contributed by atoms with Gasteiger partial charge in [0.15, 0.2) is 5.16 Å². The van der Waals surface area contributed by atoms with Gasteiger partial charge in [-0.3, -0.25) is 4.79 Å². The molecule has 2 aromatic heterocycles. The average molecular weight is 392 g/mol. The molecule has 0 bridgehead atoms. The topological polar surface area (TPSA) is 75.6 Å². The van der Waals surface area contributed by atoms with Crippen molar-refractivity contribution in [3.63, 3.8) is 0 Å². The van der Waals surface area contributed by atoms with Crippen molar-refractivity contribution in [3.05, 3.63) is 65.5 Å². The number of hydrogen-bond acceptors (Lipinski definition) is 4. The van der Waals surface area contributed by atoms with Crippen LogP contribution in [0.2, 0.25) is 0 Å². The van der Waals surface area contributed by atoms with Crippen molar-refractivity contribution in [2.75, 3.05) is 11.1 Å². The predicted molar refractivity (Wildman–Crippen MR) is 113 cm³/mol. The van der Waals surface area contributed by atoms with Gasteiger partial charge in [-0.05, 0) is 50.6 Å². The summed E-state index contributed by atoms with van der Waals surface area (Å²) in [5, 5.41) is 8.30. The molecule has 0 aliphatic heterocycles. The van der Waals surface area contributed by atoms with Gasteiger partial charge in [0.1, 0.15) is 0 Å². The molecule has 0 saturated heterocycles. The van der Waals surface area contributed by atoms with E-state index >= 15 is 0 Å². The Labute approximate surface area is 167 Å². The molecule has 0 spiro atoms. The maximum Gasteiger partial charge on any atom is 0.234 e. The Morgan fingerprint density at radius 1 is 1.14 bits per heavy atom. The van der Waals surface area contributed by atoms with Gasteiger partial charge in [-0.15, -0.1) is 0 Å². The Morgan fingerprint density at radius 2 is 1.93 bits per heavy atom. The number of nitrogens with one attached hydrogen (secondary N) is 2. The molecule has 142 valence electrons. The lowest BCUT2D eigenvalue weighted by atomic mass is 10.2. The lowest BCUT2D eigenvalue weighted by molar-refractivity contribution is -0.113. The summed E-state index contributed by atoms with van der Waals surface area (Å²) in [4.78, 5) is 20.3. The molecule has 2 N–H and O–H groups in total. The Balaban J connectivity index is 1.45. The number of amides is 1. The van der Waals surface area contributed by atoms with Crippen LogP contribution in [0.5, 0.6) is 0 Å². The lowest BCUT2D eigenvalue weighted by Gasteiger charge is -2.06. The minimum absolute atomic E-state index is 0.0829. The van der Waals surface area contributed by atoms with Crippen LogP contribution in [0.4, 0.5) is 5.69 Å². The lowest BCUT2D eigenvalue weighted by Crippen LogP contribution is -2.15. The molecule has 0 saturated carbocycles. The second kappa shape index (κ2) is 7.52. The summed E-state index contributed by atoms with van der Waals surface area (Å²) in [7, 11) is 0. The highest BCUT2D eigenvalue weighted by Crippen LogP contribution is 2.24. The zero-order valence-corrected chi connectivity index (χ0v) is 16.8. The van der Waals surface area contributed by atoms with Crippen molar-refractivity contribution >= 4 is 34.4 Å². The molecule has 2 aromatic carbocycles. The molecule has 0 unspecified atom stereocenters. The number of H-pyrrole nitrogens is 1. The zero-order chi connectivity index (χ0) is 19.7. The third kappa shape index (κ3) is 3.66. The first-order chi connectivity index (χ1) is 13.5. The number of imidazole rings is 1. The summed E-state index contributed by atoms with van der Waals surface area (Å²) in [5.74, 6) is 0.189. The molecule has 0 aliphatic carbocycles. The van der Waals surface area contributed by atoms with E-state index in [4.69, 9.17) is 0 Å². The van der Waals surface area contributed by atoms with Gasteiger partial charge < -0.3 is 10.3 Å². The number of rotatable bonds is 5. The first kappa shape index (κ1) is 18.3. The van der Waals surface area contributed by atoms with Crippen LogP contribution in [0.25, 0.3) is 16.7 Å². The fourth-order valence-electron chi connectivity index (χ4n) is 3.12. The highest BCUT2D eigenvalue weighted by atomic mass is 32.2. The van der Waals surface area contributed by atoms with E-state index in [2.05, 4.69) is 26.4 Å². The van der Waals surface area contributed by atoms with Gasteiger partial charge in [0.05, 0.1) is 39.5 Å². The fraction of sp³-hybridized carbons (Fsp3) is 0.190. The smallest absolute Gasteiger partial charge is 0.234 e. The number of aromatic nitrogens is 4. The number of para-hydroxylation sites is 1. The third-order valence-corrected chi connectivity index (χ3v) is 5.39. The standard InChI is InChI=1S/C21H21N5OS/c1-13-9-10-17-18(11-13)23-21(22-17)28-12-19(27)24-20-14(2)25-26(15(20)3)16-7-5-4-6-8-16/h4-11H,12H2,1-3H3,(H,22,23)(H,24,27). The molecule has 0 aliphatic rings. The van der Waals surface area contributed by atoms with Gasteiger partial charge >= 0.3 is 0 Å². The molecule has 28 heavy (non-hydrogen) atoms. The number of hydrogen-bond donors (Lipinski definition) is 2. The van der Waals surface area contributed by atoms with E-state index in [-0.39, 0.29) is 11.7 Å². The first-order valence-corrected chi connectivity index (χ1v) is 10.0. The van der Waals surface area contributed by atoms with Gasteiger partial charge in [0.25, 0.3) is 0 Å². The minimum atomic E-state index is -0.0829. The third-order valence-electron chi connectivity index (χ3n) is 4.51. The fourth-order valence-corrected chi connectivity index (χ4v) is 3.81.